The van der Waals surface area contributed by atoms with Crippen molar-refractivity contribution in [2.24, 2.45) is 0 Å². The Morgan fingerprint density at radius 3 is 2.50 bits per heavy atom. The van der Waals surface area contributed by atoms with Gasteiger partial charge in [-0.25, -0.2) is 9.37 Å². The van der Waals surface area contributed by atoms with Crippen molar-refractivity contribution < 1.29 is 18.7 Å². The molecule has 1 aliphatic rings. The van der Waals surface area contributed by atoms with Gasteiger partial charge in [-0.2, -0.15) is 4.98 Å². The van der Waals surface area contributed by atoms with Crippen LogP contribution >= 0.6 is 23.2 Å². The van der Waals surface area contributed by atoms with Crippen LogP contribution in [0.2, 0.25) is 10.0 Å². The number of aromatic nitrogens is 3. The van der Waals surface area contributed by atoms with E-state index in [0.717, 1.165) is 11.3 Å². The molecule has 1 aliphatic heterocycles. The number of nitrogens with two attached hydrogens (primary N) is 1. The van der Waals surface area contributed by atoms with Crippen LogP contribution in [0.3, 0.4) is 0 Å². The minimum atomic E-state index is -0.579. The zero-order valence-electron chi connectivity index (χ0n) is 20.8. The number of amides is 1. The first-order valence-electron chi connectivity index (χ1n) is 11.7. The summed E-state index contributed by atoms with van der Waals surface area (Å²) < 4.78 is 27.1. The number of halogens is 3. The average Bonchev–Trinajstić information content (AvgIpc) is 3.41. The lowest BCUT2D eigenvalue weighted by Crippen LogP contribution is -2.30. The predicted octanol–water partition coefficient (Wildman–Crippen LogP) is 5.94. The summed E-state index contributed by atoms with van der Waals surface area (Å²) in [5.74, 6) is -0.506. The minimum Gasteiger partial charge on any atom is -0.480 e. The number of benzene rings is 2. The number of hydrogen-bond acceptors (Lipinski definition) is 6. The number of nitrogens with zero attached hydrogens (tertiary/aromatic N) is 4. The third-order valence-corrected chi connectivity index (χ3v) is 7.04. The molecule has 0 saturated carbocycles. The maximum Gasteiger partial charge on any atom is 0.261 e. The minimum absolute atomic E-state index is 0.0654. The summed E-state index contributed by atoms with van der Waals surface area (Å²) in [6.07, 6.45) is 1.57. The standard InChI is InChI=1S/C27H24Cl2FN5O3/c1-14(13-37-2)34-22(19-12-32-27(31)33-25(19)38-3)11-18-24(34)23(15-4-6-16(28)7-5-15)35(26(18)36)17-8-9-21(30)20(29)10-17/h4-12,14,23H,13H2,1-3H3,(H2,31,32,33)/t14?,23-/m0/s1. The summed E-state index contributed by atoms with van der Waals surface area (Å²) in [7, 11) is 3.11. The molecule has 4 aromatic rings. The van der Waals surface area contributed by atoms with Gasteiger partial charge in [0.25, 0.3) is 5.91 Å². The van der Waals surface area contributed by atoms with Crippen molar-refractivity contribution in [3.05, 3.63) is 87.4 Å². The molecule has 5 rings (SSSR count). The highest BCUT2D eigenvalue weighted by atomic mass is 35.5. The van der Waals surface area contributed by atoms with E-state index >= 15 is 0 Å². The van der Waals surface area contributed by atoms with Crippen LogP contribution in [0, 0.1) is 5.82 Å². The smallest absolute Gasteiger partial charge is 0.261 e. The number of hydrogen-bond donors (Lipinski definition) is 1. The SMILES string of the molecule is COCC(C)n1c(-c2cnc(N)nc2OC)cc2c1[C@H](c1ccc(Cl)cc1)N(c1ccc(F)c(Cl)c1)C2=O. The molecule has 0 saturated heterocycles. The summed E-state index contributed by atoms with van der Waals surface area (Å²) in [5.41, 5.74) is 9.47. The van der Waals surface area contributed by atoms with Gasteiger partial charge < -0.3 is 19.8 Å². The molecule has 2 aromatic heterocycles. The zero-order chi connectivity index (χ0) is 27.1. The van der Waals surface area contributed by atoms with Gasteiger partial charge in [-0.1, -0.05) is 35.3 Å². The van der Waals surface area contributed by atoms with E-state index in [4.69, 9.17) is 38.4 Å². The van der Waals surface area contributed by atoms with Crippen LogP contribution in [0.5, 0.6) is 5.88 Å². The molecule has 3 heterocycles. The van der Waals surface area contributed by atoms with E-state index < -0.39 is 11.9 Å². The van der Waals surface area contributed by atoms with Gasteiger partial charge in [0.2, 0.25) is 11.8 Å². The zero-order valence-corrected chi connectivity index (χ0v) is 22.3. The Labute approximate surface area is 228 Å². The fourth-order valence-electron chi connectivity index (χ4n) is 4.92. The Hall–Kier alpha value is -3.66. The highest BCUT2D eigenvalue weighted by Crippen LogP contribution is 2.47. The number of methoxy groups -OCH3 is 2. The van der Waals surface area contributed by atoms with Crippen molar-refractivity contribution in [2.75, 3.05) is 31.5 Å². The van der Waals surface area contributed by atoms with Gasteiger partial charge in [0.1, 0.15) is 11.9 Å². The quantitative estimate of drug-likeness (QED) is 0.303. The molecule has 0 aliphatic carbocycles. The van der Waals surface area contributed by atoms with Crippen molar-refractivity contribution in [1.82, 2.24) is 14.5 Å². The summed E-state index contributed by atoms with van der Waals surface area (Å²) in [6, 6.07) is 12.5. The van der Waals surface area contributed by atoms with E-state index in [9.17, 15) is 9.18 Å². The largest absolute Gasteiger partial charge is 0.480 e. The molecule has 8 nitrogen and oxygen atoms in total. The Bertz CT molecular complexity index is 1530. The fourth-order valence-corrected chi connectivity index (χ4v) is 5.22. The van der Waals surface area contributed by atoms with Crippen LogP contribution in [0.15, 0.2) is 54.7 Å². The molecule has 196 valence electrons. The Kier molecular flexibility index (Phi) is 7.00. The van der Waals surface area contributed by atoms with Crippen LogP contribution < -0.4 is 15.4 Å². The van der Waals surface area contributed by atoms with E-state index in [-0.39, 0.29) is 28.8 Å². The Balaban J connectivity index is 1.79. The van der Waals surface area contributed by atoms with Gasteiger partial charge >= 0.3 is 0 Å². The molecule has 0 bridgehead atoms. The van der Waals surface area contributed by atoms with E-state index in [2.05, 4.69) is 9.97 Å². The number of anilines is 2. The molecule has 11 heteroatoms. The summed E-state index contributed by atoms with van der Waals surface area (Å²) in [6.45, 7) is 2.34. The lowest BCUT2D eigenvalue weighted by Gasteiger charge is -2.30. The number of nitrogen functional groups attached to an aromatic ring is 1. The van der Waals surface area contributed by atoms with E-state index in [0.29, 0.717) is 34.1 Å². The fraction of sp³-hybridized carbons (Fsp3) is 0.222. The monoisotopic (exact) mass is 555 g/mol. The Morgan fingerprint density at radius 2 is 1.84 bits per heavy atom. The van der Waals surface area contributed by atoms with Gasteiger partial charge in [0.05, 0.1) is 47.3 Å². The first kappa shape index (κ1) is 26.0. The lowest BCUT2D eigenvalue weighted by molar-refractivity contribution is 0.0993. The van der Waals surface area contributed by atoms with Gasteiger partial charge in [0.15, 0.2) is 0 Å². The van der Waals surface area contributed by atoms with Crippen molar-refractivity contribution in [1.29, 1.82) is 0 Å². The second-order valence-corrected chi connectivity index (χ2v) is 9.73. The predicted molar refractivity (Wildman–Crippen MR) is 145 cm³/mol. The summed E-state index contributed by atoms with van der Waals surface area (Å²) in [5, 5.41) is 0.476. The molecule has 2 atom stereocenters. The molecule has 1 unspecified atom stereocenters. The van der Waals surface area contributed by atoms with Gasteiger partial charge in [-0.15, -0.1) is 0 Å². The first-order chi connectivity index (χ1) is 18.2. The molecular formula is C27H24Cl2FN5O3. The normalized spacial score (nSPS) is 15.6. The van der Waals surface area contributed by atoms with Crippen LogP contribution in [-0.2, 0) is 4.74 Å². The van der Waals surface area contributed by atoms with Gasteiger partial charge in [0, 0.05) is 24.0 Å². The van der Waals surface area contributed by atoms with Gasteiger partial charge in [-0.3, -0.25) is 9.69 Å². The molecule has 0 fully saturated rings. The molecule has 0 spiro atoms. The number of ether oxygens (including phenoxy) is 2. The van der Waals surface area contributed by atoms with Gasteiger partial charge in [-0.05, 0) is 48.9 Å². The number of fused-ring (bicyclic) bond motifs is 1. The molecule has 1 amide bonds. The van der Waals surface area contributed by atoms with Crippen LogP contribution in [0.25, 0.3) is 11.3 Å². The average molecular weight is 556 g/mol. The summed E-state index contributed by atoms with van der Waals surface area (Å²) >= 11 is 12.3. The molecule has 38 heavy (non-hydrogen) atoms. The van der Waals surface area contributed by atoms with Crippen molar-refractivity contribution in [3.8, 4) is 17.1 Å². The third kappa shape index (κ3) is 4.36. The van der Waals surface area contributed by atoms with E-state index in [1.807, 2.05) is 23.6 Å². The lowest BCUT2D eigenvalue weighted by atomic mass is 10.0. The molecule has 2 aromatic carbocycles. The molecule has 0 radical (unpaired) electrons. The second-order valence-electron chi connectivity index (χ2n) is 8.88. The maximum atomic E-state index is 14.1. The molecule has 2 N–H and O–H groups in total. The van der Waals surface area contributed by atoms with Crippen LogP contribution in [0.1, 0.15) is 40.6 Å². The van der Waals surface area contributed by atoms with Crippen molar-refractivity contribution >= 4 is 40.7 Å². The molecular weight excluding hydrogens is 532 g/mol. The van der Waals surface area contributed by atoms with Crippen LogP contribution in [-0.4, -0.2) is 41.3 Å². The Morgan fingerprint density at radius 1 is 1.11 bits per heavy atom. The summed E-state index contributed by atoms with van der Waals surface area (Å²) in [4.78, 5) is 24.1. The highest BCUT2D eigenvalue weighted by Gasteiger charge is 2.44. The van der Waals surface area contributed by atoms with Crippen molar-refractivity contribution in [3.63, 3.8) is 0 Å². The van der Waals surface area contributed by atoms with E-state index in [1.165, 1.54) is 25.3 Å². The maximum absolute atomic E-state index is 14.1. The van der Waals surface area contributed by atoms with Crippen LogP contribution in [0.4, 0.5) is 16.0 Å². The van der Waals surface area contributed by atoms with Crippen molar-refractivity contribution in [2.45, 2.75) is 19.0 Å². The first-order valence-corrected chi connectivity index (χ1v) is 12.5. The topological polar surface area (TPSA) is 95.5 Å². The number of carbonyl (C=O) groups is 1. The number of carbonyl (C=O) groups excluding carboxylic acids is 1. The third-order valence-electron chi connectivity index (χ3n) is 6.50. The highest BCUT2D eigenvalue weighted by molar-refractivity contribution is 6.31. The second kappa shape index (κ2) is 10.2. The number of rotatable bonds is 7. The van der Waals surface area contributed by atoms with E-state index in [1.54, 1.807) is 36.4 Å².